The van der Waals surface area contributed by atoms with Crippen molar-refractivity contribution in [1.29, 1.82) is 0 Å². The van der Waals surface area contributed by atoms with Crippen LogP contribution in [0.25, 0.3) is 21.9 Å². The molecule has 0 saturated heterocycles. The van der Waals surface area contributed by atoms with Crippen LogP contribution in [-0.2, 0) is 20.1 Å². The minimum atomic E-state index is -0.391. The van der Waals surface area contributed by atoms with E-state index in [1.807, 2.05) is 30.3 Å². The predicted molar refractivity (Wildman–Crippen MR) is 109 cm³/mol. The lowest BCUT2D eigenvalue weighted by Gasteiger charge is -2.13. The summed E-state index contributed by atoms with van der Waals surface area (Å²) in [5.41, 5.74) is 1.17. The fourth-order valence-corrected chi connectivity index (χ4v) is 3.48. The minimum absolute atomic E-state index is 0.0474. The zero-order valence-electron chi connectivity index (χ0n) is 15.3. The standard InChI is InChI=1S/C20H16ClN5O2/c1-3-4-11-25-17-16(23-20(25)21)18(27)24(2)26(19(17)28)12-13-9-10-22-15-8-6-5-7-14(13)15/h5-10H,11-12H2,1-2H3. The minimum Gasteiger partial charge on any atom is -0.298 e. The number of benzene rings is 1. The van der Waals surface area contributed by atoms with Crippen molar-refractivity contribution in [2.24, 2.45) is 7.05 Å². The van der Waals surface area contributed by atoms with Crippen LogP contribution in [0.5, 0.6) is 0 Å². The van der Waals surface area contributed by atoms with E-state index in [9.17, 15) is 9.59 Å². The van der Waals surface area contributed by atoms with Crippen LogP contribution >= 0.6 is 11.6 Å². The molecule has 0 aliphatic carbocycles. The molecule has 28 heavy (non-hydrogen) atoms. The first-order chi connectivity index (χ1) is 13.5. The molecule has 0 bridgehead atoms. The molecule has 0 N–H and O–H groups in total. The Bertz CT molecular complexity index is 1400. The first-order valence-corrected chi connectivity index (χ1v) is 8.98. The average molecular weight is 394 g/mol. The third-order valence-electron chi connectivity index (χ3n) is 4.69. The Hall–Kier alpha value is -3.37. The van der Waals surface area contributed by atoms with E-state index in [0.717, 1.165) is 16.5 Å². The quantitative estimate of drug-likeness (QED) is 0.500. The van der Waals surface area contributed by atoms with E-state index in [2.05, 4.69) is 21.8 Å². The lowest BCUT2D eigenvalue weighted by molar-refractivity contribution is 0.503. The van der Waals surface area contributed by atoms with Gasteiger partial charge in [-0.2, -0.15) is 0 Å². The zero-order chi connectivity index (χ0) is 19.8. The number of rotatable bonds is 3. The highest BCUT2D eigenvalue weighted by molar-refractivity contribution is 6.29. The van der Waals surface area contributed by atoms with Crippen molar-refractivity contribution in [1.82, 2.24) is 23.9 Å². The van der Waals surface area contributed by atoms with Crippen molar-refractivity contribution in [2.75, 3.05) is 0 Å². The number of imidazole rings is 1. The van der Waals surface area contributed by atoms with Gasteiger partial charge in [0.25, 0.3) is 11.1 Å². The number of aromatic nitrogens is 5. The number of fused-ring (bicyclic) bond motifs is 2. The summed E-state index contributed by atoms with van der Waals surface area (Å²) in [5, 5.41) is 0.992. The number of nitrogens with zero attached hydrogens (tertiary/aromatic N) is 5. The molecule has 0 radical (unpaired) electrons. The van der Waals surface area contributed by atoms with Gasteiger partial charge < -0.3 is 0 Å². The van der Waals surface area contributed by atoms with Crippen LogP contribution < -0.4 is 11.1 Å². The van der Waals surface area contributed by atoms with Crippen LogP contribution in [0, 0.1) is 11.8 Å². The first-order valence-electron chi connectivity index (χ1n) is 8.61. The number of halogens is 1. The molecule has 140 valence electrons. The van der Waals surface area contributed by atoms with Crippen LogP contribution in [0.1, 0.15) is 12.5 Å². The van der Waals surface area contributed by atoms with Gasteiger partial charge >= 0.3 is 0 Å². The molecule has 0 fully saturated rings. The third-order valence-corrected chi connectivity index (χ3v) is 4.98. The molecule has 4 aromatic rings. The maximum atomic E-state index is 13.3. The van der Waals surface area contributed by atoms with Crippen molar-refractivity contribution < 1.29 is 0 Å². The van der Waals surface area contributed by atoms with E-state index >= 15 is 0 Å². The molecule has 3 aromatic heterocycles. The zero-order valence-corrected chi connectivity index (χ0v) is 16.1. The highest BCUT2D eigenvalue weighted by atomic mass is 35.5. The van der Waals surface area contributed by atoms with Gasteiger partial charge in [-0.3, -0.25) is 19.1 Å². The van der Waals surface area contributed by atoms with Crippen LogP contribution in [-0.4, -0.2) is 23.9 Å². The molecule has 8 heteroatoms. The summed E-state index contributed by atoms with van der Waals surface area (Å²) in [7, 11) is 1.55. The summed E-state index contributed by atoms with van der Waals surface area (Å²) < 4.78 is 4.14. The molecule has 0 unspecified atom stereocenters. The molecule has 0 saturated carbocycles. The summed E-state index contributed by atoms with van der Waals surface area (Å²) in [6.45, 7) is 2.09. The second-order valence-corrected chi connectivity index (χ2v) is 6.61. The number of pyridine rings is 1. The molecular formula is C20H16ClN5O2. The highest BCUT2D eigenvalue weighted by Gasteiger charge is 2.19. The van der Waals surface area contributed by atoms with Crippen molar-refractivity contribution in [3.8, 4) is 11.8 Å². The van der Waals surface area contributed by atoms with Gasteiger partial charge in [0.2, 0.25) is 5.28 Å². The Morgan fingerprint density at radius 3 is 2.71 bits per heavy atom. The van der Waals surface area contributed by atoms with Gasteiger partial charge in [0, 0.05) is 18.6 Å². The Balaban J connectivity index is 1.98. The number of hydrogen-bond donors (Lipinski definition) is 0. The SMILES string of the molecule is CC#CCn1c(Cl)nc2c(=O)n(C)n(Cc3ccnc4ccccc34)c(=O)c21. The molecular weight excluding hydrogens is 378 g/mol. The van der Waals surface area contributed by atoms with Gasteiger partial charge in [-0.15, -0.1) is 5.92 Å². The van der Waals surface area contributed by atoms with Crippen LogP contribution in [0.15, 0.2) is 46.1 Å². The van der Waals surface area contributed by atoms with Crippen LogP contribution in [0.3, 0.4) is 0 Å². The molecule has 0 aliphatic heterocycles. The fraction of sp³-hybridized carbons (Fsp3) is 0.200. The number of hydrogen-bond acceptors (Lipinski definition) is 4. The smallest absolute Gasteiger partial charge is 0.293 e. The van der Waals surface area contributed by atoms with E-state index in [4.69, 9.17) is 11.6 Å². The summed E-state index contributed by atoms with van der Waals surface area (Å²) in [4.78, 5) is 34.5. The molecule has 0 atom stereocenters. The van der Waals surface area contributed by atoms with Crippen molar-refractivity contribution in [3.05, 3.63) is 68.1 Å². The summed E-state index contributed by atoms with van der Waals surface area (Å²) in [5.74, 6) is 5.62. The van der Waals surface area contributed by atoms with Gasteiger partial charge in [-0.1, -0.05) is 24.1 Å². The fourth-order valence-electron chi connectivity index (χ4n) is 3.25. The molecule has 0 aliphatic rings. The summed E-state index contributed by atoms with van der Waals surface area (Å²) in [6.07, 6.45) is 1.69. The van der Waals surface area contributed by atoms with E-state index in [-0.39, 0.29) is 35.0 Å². The molecule has 7 nitrogen and oxygen atoms in total. The first kappa shape index (κ1) is 18.0. The lowest BCUT2D eigenvalue weighted by Crippen LogP contribution is -2.38. The summed E-state index contributed by atoms with van der Waals surface area (Å²) >= 11 is 6.17. The molecule has 4 rings (SSSR count). The van der Waals surface area contributed by atoms with E-state index in [0.29, 0.717) is 0 Å². The monoisotopic (exact) mass is 393 g/mol. The Morgan fingerprint density at radius 2 is 1.93 bits per heavy atom. The topological polar surface area (TPSA) is 74.7 Å². The van der Waals surface area contributed by atoms with Crippen LogP contribution in [0.2, 0.25) is 5.28 Å². The molecule has 0 spiro atoms. The Labute approximate surface area is 164 Å². The third kappa shape index (κ3) is 2.79. The molecule has 1 aromatic carbocycles. The number of para-hydroxylation sites is 1. The molecule has 0 amide bonds. The predicted octanol–water partition coefficient (Wildman–Crippen LogP) is 2.17. The maximum Gasteiger partial charge on any atom is 0.293 e. The van der Waals surface area contributed by atoms with E-state index in [1.165, 1.54) is 13.9 Å². The van der Waals surface area contributed by atoms with Gasteiger partial charge in [-0.05, 0) is 36.2 Å². The maximum absolute atomic E-state index is 13.3. The molecule has 3 heterocycles. The van der Waals surface area contributed by atoms with Gasteiger partial charge in [0.15, 0.2) is 5.52 Å². The van der Waals surface area contributed by atoms with E-state index in [1.54, 1.807) is 20.2 Å². The van der Waals surface area contributed by atoms with Gasteiger partial charge in [0.05, 0.1) is 18.6 Å². The lowest BCUT2D eigenvalue weighted by atomic mass is 10.1. The van der Waals surface area contributed by atoms with Crippen molar-refractivity contribution in [2.45, 2.75) is 20.0 Å². The Kier molecular flexibility index (Phi) is 4.49. The largest absolute Gasteiger partial charge is 0.298 e. The Morgan fingerprint density at radius 1 is 1.14 bits per heavy atom. The normalized spacial score (nSPS) is 11.0. The van der Waals surface area contributed by atoms with E-state index < -0.39 is 5.56 Å². The average Bonchev–Trinajstić information content (AvgIpc) is 3.04. The van der Waals surface area contributed by atoms with Crippen molar-refractivity contribution in [3.63, 3.8) is 0 Å². The highest BCUT2D eigenvalue weighted by Crippen LogP contribution is 2.18. The second kappa shape index (κ2) is 6.98. The van der Waals surface area contributed by atoms with Gasteiger partial charge in [-0.25, -0.2) is 14.3 Å². The second-order valence-electron chi connectivity index (χ2n) is 6.27. The van der Waals surface area contributed by atoms with Crippen LogP contribution in [0.4, 0.5) is 0 Å². The van der Waals surface area contributed by atoms with Crippen molar-refractivity contribution >= 4 is 33.5 Å². The van der Waals surface area contributed by atoms with Gasteiger partial charge in [0.1, 0.15) is 5.52 Å². The summed E-state index contributed by atoms with van der Waals surface area (Å²) in [6, 6.07) is 9.51.